The van der Waals surface area contributed by atoms with Gasteiger partial charge in [0.1, 0.15) is 0 Å². The molecule has 1 aliphatic carbocycles. The minimum absolute atomic E-state index is 0.126. The Labute approximate surface area is 126 Å². The molecule has 2 saturated heterocycles. The third-order valence-corrected chi connectivity index (χ3v) is 5.08. The maximum absolute atomic E-state index is 12.2. The molecule has 0 aromatic rings. The molecule has 0 aromatic heterocycles. The first-order chi connectivity index (χ1) is 10.1. The summed E-state index contributed by atoms with van der Waals surface area (Å²) in [5.41, 5.74) is 0.218. The fourth-order valence-corrected chi connectivity index (χ4v) is 3.88. The Hall–Kier alpha value is -1.10. The maximum atomic E-state index is 12.2. The Morgan fingerprint density at radius 2 is 2.00 bits per heavy atom. The van der Waals surface area contributed by atoms with Crippen LogP contribution in [-0.2, 0) is 14.3 Å². The number of rotatable bonds is 4. The quantitative estimate of drug-likeness (QED) is 0.733. The number of hydrogen-bond donors (Lipinski definition) is 0. The highest BCUT2D eigenvalue weighted by Gasteiger charge is 2.45. The lowest BCUT2D eigenvalue weighted by molar-refractivity contribution is -0.145. The predicted molar refractivity (Wildman–Crippen MR) is 78.7 cm³/mol. The largest absolute Gasteiger partial charge is 0.465 e. The first-order valence-electron chi connectivity index (χ1n) is 8.29. The van der Waals surface area contributed by atoms with Crippen molar-refractivity contribution >= 4 is 11.9 Å². The van der Waals surface area contributed by atoms with Gasteiger partial charge in [0.15, 0.2) is 0 Å². The van der Waals surface area contributed by atoms with Crippen LogP contribution < -0.4 is 0 Å². The van der Waals surface area contributed by atoms with Crippen LogP contribution in [-0.4, -0.2) is 61.0 Å². The molecule has 3 aliphatic rings. The summed E-state index contributed by atoms with van der Waals surface area (Å²) in [5.74, 6) is 0.562. The second-order valence-corrected chi connectivity index (χ2v) is 6.90. The fraction of sp³-hybridized carbons (Fsp3) is 0.875. The highest BCUT2D eigenvalue weighted by molar-refractivity contribution is 5.81. The molecule has 0 aromatic carbocycles. The first-order valence-corrected chi connectivity index (χ1v) is 8.29. The van der Waals surface area contributed by atoms with E-state index in [9.17, 15) is 9.59 Å². The van der Waals surface area contributed by atoms with Gasteiger partial charge >= 0.3 is 5.97 Å². The van der Waals surface area contributed by atoms with E-state index >= 15 is 0 Å². The topological polar surface area (TPSA) is 49.9 Å². The molecule has 21 heavy (non-hydrogen) atoms. The SMILES string of the molecule is CCOC(=O)CN1CCC[C@@]2(CCN(C(=O)C3CC3)C2)C1. The average molecular weight is 294 g/mol. The molecule has 3 rings (SSSR count). The van der Waals surface area contributed by atoms with E-state index in [1.165, 1.54) is 6.42 Å². The zero-order valence-corrected chi connectivity index (χ0v) is 13.0. The van der Waals surface area contributed by atoms with E-state index in [4.69, 9.17) is 4.74 Å². The van der Waals surface area contributed by atoms with Gasteiger partial charge in [0, 0.05) is 31.0 Å². The van der Waals surface area contributed by atoms with Crippen LogP contribution in [0.3, 0.4) is 0 Å². The molecule has 118 valence electrons. The zero-order valence-electron chi connectivity index (χ0n) is 13.0. The minimum Gasteiger partial charge on any atom is -0.465 e. The molecule has 2 aliphatic heterocycles. The molecule has 1 spiro atoms. The van der Waals surface area contributed by atoms with Crippen LogP contribution in [0.15, 0.2) is 0 Å². The minimum atomic E-state index is -0.126. The molecule has 5 nitrogen and oxygen atoms in total. The van der Waals surface area contributed by atoms with Crippen LogP contribution in [0.4, 0.5) is 0 Å². The smallest absolute Gasteiger partial charge is 0.320 e. The first kappa shape index (κ1) is 14.8. The maximum Gasteiger partial charge on any atom is 0.320 e. The molecular formula is C16H26N2O3. The van der Waals surface area contributed by atoms with Gasteiger partial charge in [-0.3, -0.25) is 14.5 Å². The van der Waals surface area contributed by atoms with Gasteiger partial charge in [-0.05, 0) is 45.6 Å². The number of amides is 1. The molecule has 0 N–H and O–H groups in total. The third kappa shape index (κ3) is 3.39. The second kappa shape index (κ2) is 5.95. The van der Waals surface area contributed by atoms with Crippen molar-refractivity contribution < 1.29 is 14.3 Å². The number of likely N-dealkylation sites (tertiary alicyclic amines) is 2. The lowest BCUT2D eigenvalue weighted by atomic mass is 9.79. The summed E-state index contributed by atoms with van der Waals surface area (Å²) in [6.45, 7) is 6.38. The molecule has 0 radical (unpaired) electrons. The van der Waals surface area contributed by atoms with Gasteiger partial charge in [0.05, 0.1) is 13.2 Å². The standard InChI is InChI=1S/C16H26N2O3/c1-2-21-14(19)10-17-8-3-6-16(11-17)7-9-18(12-16)15(20)13-4-5-13/h13H,2-12H2,1H3/t16-/m1/s1. The summed E-state index contributed by atoms with van der Waals surface area (Å²) < 4.78 is 5.05. The molecule has 1 atom stereocenters. The van der Waals surface area contributed by atoms with Crippen LogP contribution in [0.2, 0.25) is 0 Å². The van der Waals surface area contributed by atoms with Crippen molar-refractivity contribution in [2.75, 3.05) is 39.3 Å². The fourth-order valence-electron chi connectivity index (χ4n) is 3.88. The zero-order chi connectivity index (χ0) is 14.9. The number of nitrogens with zero attached hydrogens (tertiary/aromatic N) is 2. The molecule has 1 amide bonds. The van der Waals surface area contributed by atoms with Crippen LogP contribution in [0.25, 0.3) is 0 Å². The van der Waals surface area contributed by atoms with Crippen molar-refractivity contribution in [1.82, 2.24) is 9.80 Å². The van der Waals surface area contributed by atoms with E-state index in [-0.39, 0.29) is 11.4 Å². The third-order valence-electron chi connectivity index (χ3n) is 5.08. The van der Waals surface area contributed by atoms with Gasteiger partial charge < -0.3 is 9.64 Å². The summed E-state index contributed by atoms with van der Waals surface area (Å²) in [6.07, 6.45) is 5.55. The highest BCUT2D eigenvalue weighted by Crippen LogP contribution is 2.41. The van der Waals surface area contributed by atoms with Crippen molar-refractivity contribution in [1.29, 1.82) is 0 Å². The normalized spacial score (nSPS) is 29.9. The predicted octanol–water partition coefficient (Wildman–Crippen LogP) is 1.27. The number of carbonyl (C=O) groups is 2. The molecule has 5 heteroatoms. The second-order valence-electron chi connectivity index (χ2n) is 6.90. The van der Waals surface area contributed by atoms with E-state index in [1.54, 1.807) is 0 Å². The van der Waals surface area contributed by atoms with Gasteiger partial charge in [0.2, 0.25) is 5.91 Å². The number of piperidine rings is 1. The van der Waals surface area contributed by atoms with Gasteiger partial charge in [-0.2, -0.15) is 0 Å². The van der Waals surface area contributed by atoms with Crippen molar-refractivity contribution in [2.24, 2.45) is 11.3 Å². The summed E-state index contributed by atoms with van der Waals surface area (Å²) in [6, 6.07) is 0. The van der Waals surface area contributed by atoms with Crippen molar-refractivity contribution in [2.45, 2.75) is 39.0 Å². The van der Waals surface area contributed by atoms with Gasteiger partial charge in [0.25, 0.3) is 0 Å². The van der Waals surface area contributed by atoms with Crippen LogP contribution in [0.5, 0.6) is 0 Å². The number of hydrogen-bond acceptors (Lipinski definition) is 4. The van der Waals surface area contributed by atoms with E-state index in [1.807, 2.05) is 6.92 Å². The molecule has 0 unspecified atom stereocenters. The average Bonchev–Trinajstić information content (AvgIpc) is 3.22. The lowest BCUT2D eigenvalue weighted by Gasteiger charge is -2.39. The number of esters is 1. The molecule has 3 fully saturated rings. The Morgan fingerprint density at radius 1 is 1.19 bits per heavy atom. The number of carbonyl (C=O) groups excluding carboxylic acids is 2. The van der Waals surface area contributed by atoms with Crippen molar-refractivity contribution in [3.63, 3.8) is 0 Å². The monoisotopic (exact) mass is 294 g/mol. The lowest BCUT2D eigenvalue weighted by Crippen LogP contribution is -2.47. The highest BCUT2D eigenvalue weighted by atomic mass is 16.5. The van der Waals surface area contributed by atoms with Crippen molar-refractivity contribution in [3.05, 3.63) is 0 Å². The van der Waals surface area contributed by atoms with Crippen LogP contribution in [0.1, 0.15) is 39.0 Å². The van der Waals surface area contributed by atoms with Crippen molar-refractivity contribution in [3.8, 4) is 0 Å². The Balaban J connectivity index is 1.55. The van der Waals surface area contributed by atoms with Crippen LogP contribution in [0, 0.1) is 11.3 Å². The molecule has 2 heterocycles. The van der Waals surface area contributed by atoms with E-state index in [2.05, 4.69) is 9.80 Å². The van der Waals surface area contributed by atoms with Gasteiger partial charge in [-0.1, -0.05) is 0 Å². The summed E-state index contributed by atoms with van der Waals surface area (Å²) in [4.78, 5) is 28.2. The van der Waals surface area contributed by atoms with E-state index in [0.29, 0.717) is 25.0 Å². The molecular weight excluding hydrogens is 268 g/mol. The Morgan fingerprint density at radius 3 is 2.71 bits per heavy atom. The van der Waals surface area contributed by atoms with Gasteiger partial charge in [-0.15, -0.1) is 0 Å². The number of ether oxygens (including phenoxy) is 1. The van der Waals surface area contributed by atoms with E-state index in [0.717, 1.165) is 51.9 Å². The molecule has 1 saturated carbocycles. The summed E-state index contributed by atoms with van der Waals surface area (Å²) >= 11 is 0. The van der Waals surface area contributed by atoms with Gasteiger partial charge in [-0.25, -0.2) is 0 Å². The summed E-state index contributed by atoms with van der Waals surface area (Å²) in [7, 11) is 0. The summed E-state index contributed by atoms with van der Waals surface area (Å²) in [5, 5.41) is 0. The molecule has 0 bridgehead atoms. The van der Waals surface area contributed by atoms with Crippen LogP contribution >= 0.6 is 0 Å². The Bertz CT molecular complexity index is 422. The Kier molecular flexibility index (Phi) is 4.20. The van der Waals surface area contributed by atoms with E-state index < -0.39 is 0 Å².